The summed E-state index contributed by atoms with van der Waals surface area (Å²) in [6, 6.07) is 7.50. The Labute approximate surface area is 111 Å². The molecule has 1 heterocycles. The molecule has 0 spiro atoms. The Bertz CT molecular complexity index is 554. The highest BCUT2D eigenvalue weighted by Gasteiger charge is 2.33. The van der Waals surface area contributed by atoms with Gasteiger partial charge in [-0.15, -0.1) is 11.8 Å². The molecule has 0 bridgehead atoms. The number of carbonyl (C=O) groups is 1. The summed E-state index contributed by atoms with van der Waals surface area (Å²) >= 11 is 1.55. The van der Waals surface area contributed by atoms with Gasteiger partial charge in [0, 0.05) is 4.90 Å². The Hall–Kier alpha value is -1.01. The molecule has 1 fully saturated rings. The lowest BCUT2D eigenvalue weighted by Crippen LogP contribution is -2.23. The predicted octanol–water partition coefficient (Wildman–Crippen LogP) is 1.78. The Kier molecular flexibility index (Phi) is 3.97. The zero-order valence-electron chi connectivity index (χ0n) is 10.0. The first kappa shape index (κ1) is 13.4. The highest BCUT2D eigenvalue weighted by atomic mass is 32.2. The number of hydrogen-bond donors (Lipinski definition) is 1. The lowest BCUT2D eigenvalue weighted by Gasteiger charge is -2.12. The van der Waals surface area contributed by atoms with Crippen LogP contribution in [0.15, 0.2) is 29.2 Å². The minimum Gasteiger partial charge on any atom is -0.325 e. The van der Waals surface area contributed by atoms with E-state index in [1.54, 1.807) is 11.8 Å². The molecular weight excluding hydrogens is 270 g/mol. The molecule has 0 saturated carbocycles. The molecule has 1 amide bonds. The van der Waals surface area contributed by atoms with Gasteiger partial charge in [0.25, 0.3) is 0 Å². The second-order valence-electron chi connectivity index (χ2n) is 4.29. The Morgan fingerprint density at radius 3 is 2.72 bits per heavy atom. The van der Waals surface area contributed by atoms with Crippen LogP contribution >= 0.6 is 11.8 Å². The average molecular weight is 285 g/mol. The van der Waals surface area contributed by atoms with Crippen molar-refractivity contribution in [2.75, 3.05) is 23.1 Å². The first-order chi connectivity index (χ1) is 8.52. The normalized spacial score (nSPS) is 21.7. The van der Waals surface area contributed by atoms with E-state index in [4.69, 9.17) is 0 Å². The van der Waals surface area contributed by atoms with Gasteiger partial charge in [0.1, 0.15) is 0 Å². The molecule has 98 valence electrons. The molecule has 1 atom stereocenters. The molecule has 6 heteroatoms. The van der Waals surface area contributed by atoms with E-state index in [0.29, 0.717) is 6.42 Å². The van der Waals surface area contributed by atoms with Crippen molar-refractivity contribution in [3.05, 3.63) is 24.3 Å². The minimum absolute atomic E-state index is 0.0275. The topological polar surface area (TPSA) is 63.2 Å². The van der Waals surface area contributed by atoms with Crippen LogP contribution in [0.3, 0.4) is 0 Å². The Balaban J connectivity index is 2.08. The molecular formula is C12H15NO3S2. The molecule has 4 nitrogen and oxygen atoms in total. The van der Waals surface area contributed by atoms with Crippen molar-refractivity contribution >= 4 is 33.2 Å². The van der Waals surface area contributed by atoms with Crippen LogP contribution in [0.25, 0.3) is 0 Å². The maximum atomic E-state index is 12.0. The van der Waals surface area contributed by atoms with Crippen molar-refractivity contribution in [1.82, 2.24) is 0 Å². The predicted molar refractivity (Wildman–Crippen MR) is 73.6 cm³/mol. The van der Waals surface area contributed by atoms with Crippen LogP contribution in [0.4, 0.5) is 5.69 Å². The molecule has 1 saturated heterocycles. The molecule has 1 N–H and O–H groups in total. The molecule has 1 aliphatic rings. The second-order valence-corrected chi connectivity index (χ2v) is 7.37. The maximum Gasteiger partial charge on any atom is 0.228 e. The summed E-state index contributed by atoms with van der Waals surface area (Å²) in [5.41, 5.74) is 0.749. The number of nitrogens with one attached hydrogen (secondary N) is 1. The molecule has 0 aromatic heterocycles. The molecule has 1 unspecified atom stereocenters. The number of sulfone groups is 1. The van der Waals surface area contributed by atoms with E-state index in [1.807, 2.05) is 30.5 Å². The van der Waals surface area contributed by atoms with E-state index in [0.717, 1.165) is 10.6 Å². The third kappa shape index (κ3) is 3.05. The van der Waals surface area contributed by atoms with Crippen molar-refractivity contribution in [1.29, 1.82) is 0 Å². The fraction of sp³-hybridized carbons (Fsp3) is 0.417. The van der Waals surface area contributed by atoms with Gasteiger partial charge >= 0.3 is 0 Å². The van der Waals surface area contributed by atoms with Crippen LogP contribution in [0, 0.1) is 5.92 Å². The second kappa shape index (κ2) is 5.32. The van der Waals surface area contributed by atoms with Crippen LogP contribution in [0.1, 0.15) is 6.42 Å². The van der Waals surface area contributed by atoms with Crippen LogP contribution in [0.2, 0.25) is 0 Å². The molecule has 1 aliphatic heterocycles. The number of para-hydroxylation sites is 1. The van der Waals surface area contributed by atoms with Crippen molar-refractivity contribution in [2.45, 2.75) is 11.3 Å². The Morgan fingerprint density at radius 2 is 2.11 bits per heavy atom. The standard InChI is InChI=1S/C12H15NO3S2/c1-17-11-5-3-2-4-10(11)13-12(14)9-6-7-18(15,16)8-9/h2-5,9H,6-8H2,1H3,(H,13,14). The van der Waals surface area contributed by atoms with E-state index in [9.17, 15) is 13.2 Å². The van der Waals surface area contributed by atoms with Crippen LogP contribution in [0.5, 0.6) is 0 Å². The highest BCUT2D eigenvalue weighted by Crippen LogP contribution is 2.26. The molecule has 0 radical (unpaired) electrons. The number of thioether (sulfide) groups is 1. The summed E-state index contributed by atoms with van der Waals surface area (Å²) in [5.74, 6) is -0.516. The zero-order valence-corrected chi connectivity index (χ0v) is 11.7. The van der Waals surface area contributed by atoms with E-state index >= 15 is 0 Å². The number of anilines is 1. The van der Waals surface area contributed by atoms with E-state index in [1.165, 1.54) is 0 Å². The molecule has 1 aromatic carbocycles. The summed E-state index contributed by atoms with van der Waals surface area (Å²) in [6.07, 6.45) is 2.36. The smallest absolute Gasteiger partial charge is 0.228 e. The molecule has 2 rings (SSSR count). The summed E-state index contributed by atoms with van der Waals surface area (Å²) in [4.78, 5) is 13.0. The van der Waals surface area contributed by atoms with Crippen molar-refractivity contribution in [3.63, 3.8) is 0 Å². The third-order valence-electron chi connectivity index (χ3n) is 2.97. The van der Waals surface area contributed by atoms with Gasteiger partial charge in [0.05, 0.1) is 23.1 Å². The number of hydrogen-bond acceptors (Lipinski definition) is 4. The van der Waals surface area contributed by atoms with Crippen molar-refractivity contribution < 1.29 is 13.2 Å². The first-order valence-electron chi connectivity index (χ1n) is 5.66. The molecule has 1 aromatic rings. The van der Waals surface area contributed by atoms with E-state index in [-0.39, 0.29) is 17.4 Å². The van der Waals surface area contributed by atoms with Gasteiger partial charge in [-0.2, -0.15) is 0 Å². The zero-order chi connectivity index (χ0) is 13.2. The SMILES string of the molecule is CSc1ccccc1NC(=O)C1CCS(=O)(=O)C1. The fourth-order valence-corrected chi connectivity index (χ4v) is 4.28. The maximum absolute atomic E-state index is 12.0. The van der Waals surface area contributed by atoms with E-state index in [2.05, 4.69) is 5.32 Å². The summed E-state index contributed by atoms with van der Waals surface area (Å²) < 4.78 is 22.7. The monoisotopic (exact) mass is 285 g/mol. The number of benzene rings is 1. The van der Waals surface area contributed by atoms with Gasteiger partial charge in [0.2, 0.25) is 5.91 Å². The third-order valence-corrected chi connectivity index (χ3v) is 5.53. The number of carbonyl (C=O) groups excluding carboxylic acids is 1. The van der Waals surface area contributed by atoms with Crippen molar-refractivity contribution in [3.8, 4) is 0 Å². The number of amides is 1. The van der Waals surface area contributed by atoms with Gasteiger partial charge in [-0.1, -0.05) is 12.1 Å². The quantitative estimate of drug-likeness (QED) is 0.860. The van der Waals surface area contributed by atoms with E-state index < -0.39 is 15.8 Å². The van der Waals surface area contributed by atoms with Gasteiger partial charge in [0.15, 0.2) is 9.84 Å². The lowest BCUT2D eigenvalue weighted by atomic mass is 10.1. The average Bonchev–Trinajstić information content (AvgIpc) is 2.70. The van der Waals surface area contributed by atoms with Gasteiger partial charge in [-0.05, 0) is 24.8 Å². The lowest BCUT2D eigenvalue weighted by molar-refractivity contribution is -0.119. The molecule has 0 aliphatic carbocycles. The summed E-state index contributed by atoms with van der Waals surface area (Å²) in [5, 5.41) is 2.82. The molecule has 18 heavy (non-hydrogen) atoms. The minimum atomic E-state index is -3.01. The fourth-order valence-electron chi connectivity index (χ4n) is 1.98. The van der Waals surface area contributed by atoms with Crippen molar-refractivity contribution in [2.24, 2.45) is 5.92 Å². The van der Waals surface area contributed by atoms with Crippen LogP contribution < -0.4 is 5.32 Å². The largest absolute Gasteiger partial charge is 0.325 e. The van der Waals surface area contributed by atoms with Crippen LogP contribution in [-0.2, 0) is 14.6 Å². The first-order valence-corrected chi connectivity index (χ1v) is 8.71. The summed E-state index contributed by atoms with van der Waals surface area (Å²) in [7, 11) is -3.01. The Morgan fingerprint density at radius 1 is 1.39 bits per heavy atom. The highest BCUT2D eigenvalue weighted by molar-refractivity contribution is 7.98. The number of rotatable bonds is 3. The van der Waals surface area contributed by atoms with Crippen LogP contribution in [-0.4, -0.2) is 32.1 Å². The van der Waals surface area contributed by atoms with Gasteiger partial charge in [-0.25, -0.2) is 8.42 Å². The summed E-state index contributed by atoms with van der Waals surface area (Å²) in [6.45, 7) is 0. The van der Waals surface area contributed by atoms with Gasteiger partial charge in [-0.3, -0.25) is 4.79 Å². The van der Waals surface area contributed by atoms with Gasteiger partial charge < -0.3 is 5.32 Å².